The second kappa shape index (κ2) is 6.57. The van der Waals surface area contributed by atoms with E-state index in [1.165, 1.54) is 10.9 Å². The van der Waals surface area contributed by atoms with Gasteiger partial charge in [0.2, 0.25) is 5.88 Å². The van der Waals surface area contributed by atoms with Crippen LogP contribution in [0.15, 0.2) is 21.7 Å². The summed E-state index contributed by atoms with van der Waals surface area (Å²) >= 11 is 3.37. The number of nitrogens with one attached hydrogen (secondary N) is 1. The topological polar surface area (TPSA) is 121 Å². The number of H-pyrrole nitrogens is 1. The molecule has 10 heteroatoms. The Kier molecular flexibility index (Phi) is 4.49. The molecule has 0 saturated heterocycles. The molecule has 0 aliphatic heterocycles. The number of pyridine rings is 1. The summed E-state index contributed by atoms with van der Waals surface area (Å²) in [6.07, 6.45) is 1.47. The smallest absolute Gasteiger partial charge is 0.279 e. The lowest BCUT2D eigenvalue weighted by molar-refractivity contribution is 0.144. The third kappa shape index (κ3) is 2.97. The van der Waals surface area contributed by atoms with Crippen LogP contribution < -0.4 is 16.0 Å². The Labute approximate surface area is 144 Å². The van der Waals surface area contributed by atoms with Crippen molar-refractivity contribution in [3.05, 3.63) is 27.2 Å². The highest BCUT2D eigenvalue weighted by Crippen LogP contribution is 2.28. The van der Waals surface area contributed by atoms with E-state index in [4.69, 9.17) is 15.2 Å². The monoisotopic (exact) mass is 394 g/mol. The molecule has 0 saturated carbocycles. The number of hydrogen-bond donors (Lipinski definition) is 2. The standard InChI is InChI=1S/C14H15BrN6O3/c1-21-11(15)9-10(20-21)13(22)19-12(18-9)8-5-7(16)6-17-14(8)24-4-3-23-2/h5-6H,3-4,16H2,1-2H3,(H,18,19,22). The number of nitrogens with two attached hydrogens (primary N) is 1. The number of fused-ring (bicyclic) bond motifs is 1. The van der Waals surface area contributed by atoms with Crippen molar-refractivity contribution in [3.63, 3.8) is 0 Å². The lowest BCUT2D eigenvalue weighted by atomic mass is 10.2. The number of hydrogen-bond acceptors (Lipinski definition) is 7. The number of nitrogens with zero attached hydrogens (tertiary/aromatic N) is 4. The Balaban J connectivity index is 2.14. The Morgan fingerprint density at radius 2 is 2.17 bits per heavy atom. The number of anilines is 1. The van der Waals surface area contributed by atoms with Crippen LogP contribution in [0.3, 0.4) is 0 Å². The van der Waals surface area contributed by atoms with E-state index in [0.29, 0.717) is 46.3 Å². The Morgan fingerprint density at radius 3 is 2.92 bits per heavy atom. The number of nitrogen functional groups attached to an aromatic ring is 1. The molecule has 126 valence electrons. The number of aryl methyl sites for hydroxylation is 1. The van der Waals surface area contributed by atoms with Crippen LogP contribution in [-0.2, 0) is 11.8 Å². The van der Waals surface area contributed by atoms with E-state index in [-0.39, 0.29) is 11.1 Å². The maximum absolute atomic E-state index is 12.3. The average Bonchev–Trinajstić information content (AvgIpc) is 2.85. The average molecular weight is 395 g/mol. The molecule has 0 amide bonds. The molecule has 0 spiro atoms. The van der Waals surface area contributed by atoms with Gasteiger partial charge in [0.15, 0.2) is 5.52 Å². The summed E-state index contributed by atoms with van der Waals surface area (Å²) in [4.78, 5) is 23.6. The summed E-state index contributed by atoms with van der Waals surface area (Å²) in [5.41, 5.74) is 7.06. The van der Waals surface area contributed by atoms with Crippen LogP contribution in [0.25, 0.3) is 22.4 Å². The normalized spacial score (nSPS) is 11.1. The van der Waals surface area contributed by atoms with E-state index in [0.717, 1.165) is 0 Å². The van der Waals surface area contributed by atoms with Crippen molar-refractivity contribution in [1.29, 1.82) is 0 Å². The van der Waals surface area contributed by atoms with Gasteiger partial charge in [-0.1, -0.05) is 0 Å². The number of halogens is 1. The molecule has 9 nitrogen and oxygen atoms in total. The van der Waals surface area contributed by atoms with Gasteiger partial charge in [0.1, 0.15) is 22.6 Å². The maximum Gasteiger partial charge on any atom is 0.279 e. The fraction of sp³-hybridized carbons (Fsp3) is 0.286. The Bertz CT molecular complexity index is 952. The zero-order valence-corrected chi connectivity index (χ0v) is 14.6. The second-order valence-corrected chi connectivity index (χ2v) is 5.74. The highest BCUT2D eigenvalue weighted by molar-refractivity contribution is 9.10. The molecule has 0 atom stereocenters. The zero-order chi connectivity index (χ0) is 17.3. The molecular weight excluding hydrogens is 380 g/mol. The molecule has 3 heterocycles. The van der Waals surface area contributed by atoms with Gasteiger partial charge in [0, 0.05) is 14.2 Å². The lowest BCUT2D eigenvalue weighted by Crippen LogP contribution is -2.12. The van der Waals surface area contributed by atoms with Crippen molar-refractivity contribution in [2.75, 3.05) is 26.1 Å². The number of aromatic nitrogens is 5. The quantitative estimate of drug-likeness (QED) is 0.621. The van der Waals surface area contributed by atoms with Gasteiger partial charge < -0.3 is 20.2 Å². The van der Waals surface area contributed by atoms with Crippen molar-refractivity contribution in [2.45, 2.75) is 0 Å². The molecule has 0 unspecified atom stereocenters. The minimum Gasteiger partial charge on any atom is -0.475 e. The van der Waals surface area contributed by atoms with E-state index < -0.39 is 0 Å². The summed E-state index contributed by atoms with van der Waals surface area (Å²) in [7, 11) is 3.29. The van der Waals surface area contributed by atoms with Crippen LogP contribution in [0.4, 0.5) is 5.69 Å². The molecule has 24 heavy (non-hydrogen) atoms. The second-order valence-electron chi connectivity index (χ2n) is 4.99. The van der Waals surface area contributed by atoms with Gasteiger partial charge in [0.25, 0.3) is 5.56 Å². The maximum atomic E-state index is 12.3. The van der Waals surface area contributed by atoms with E-state index >= 15 is 0 Å². The number of ether oxygens (including phenoxy) is 2. The molecule has 3 aromatic heterocycles. The zero-order valence-electron chi connectivity index (χ0n) is 13.0. The van der Waals surface area contributed by atoms with Crippen LogP contribution in [0.5, 0.6) is 5.88 Å². The first kappa shape index (κ1) is 16.4. The fourth-order valence-corrected chi connectivity index (χ4v) is 2.51. The summed E-state index contributed by atoms with van der Waals surface area (Å²) < 4.78 is 12.7. The summed E-state index contributed by atoms with van der Waals surface area (Å²) in [5, 5.41) is 4.12. The van der Waals surface area contributed by atoms with E-state index in [9.17, 15) is 4.79 Å². The Hall–Kier alpha value is -2.46. The first-order valence-electron chi connectivity index (χ1n) is 7.01. The molecule has 3 rings (SSSR count). The van der Waals surface area contributed by atoms with Crippen LogP contribution in [0, 0.1) is 0 Å². The van der Waals surface area contributed by atoms with Gasteiger partial charge in [-0.15, -0.1) is 0 Å². The first-order chi connectivity index (χ1) is 11.5. The fourth-order valence-electron chi connectivity index (χ4n) is 2.15. The molecule has 0 bridgehead atoms. The molecule has 3 N–H and O–H groups in total. The summed E-state index contributed by atoms with van der Waals surface area (Å²) in [6, 6.07) is 1.64. The van der Waals surface area contributed by atoms with Gasteiger partial charge in [0.05, 0.1) is 24.1 Å². The van der Waals surface area contributed by atoms with Crippen molar-refractivity contribution in [3.8, 4) is 17.3 Å². The molecule has 0 aliphatic carbocycles. The summed E-state index contributed by atoms with van der Waals surface area (Å²) in [5.74, 6) is 0.608. The van der Waals surface area contributed by atoms with Crippen molar-refractivity contribution in [1.82, 2.24) is 24.7 Å². The van der Waals surface area contributed by atoms with Crippen LogP contribution in [0.2, 0.25) is 0 Å². The van der Waals surface area contributed by atoms with Crippen molar-refractivity contribution < 1.29 is 9.47 Å². The van der Waals surface area contributed by atoms with Gasteiger partial charge in [-0.2, -0.15) is 5.10 Å². The van der Waals surface area contributed by atoms with Crippen molar-refractivity contribution >= 4 is 32.7 Å². The van der Waals surface area contributed by atoms with Crippen LogP contribution in [-0.4, -0.2) is 45.1 Å². The predicted octanol–water partition coefficient (Wildman–Crippen LogP) is 1.09. The van der Waals surface area contributed by atoms with Crippen LogP contribution in [0.1, 0.15) is 0 Å². The highest BCUT2D eigenvalue weighted by atomic mass is 79.9. The minimum atomic E-state index is -0.360. The van der Waals surface area contributed by atoms with Gasteiger partial charge in [-0.05, 0) is 22.0 Å². The molecule has 0 radical (unpaired) electrons. The van der Waals surface area contributed by atoms with E-state index in [1.54, 1.807) is 20.2 Å². The van der Waals surface area contributed by atoms with E-state index in [2.05, 4.69) is 36.0 Å². The molecule has 3 aromatic rings. The predicted molar refractivity (Wildman–Crippen MR) is 91.8 cm³/mol. The molecule has 0 fully saturated rings. The highest BCUT2D eigenvalue weighted by Gasteiger charge is 2.17. The summed E-state index contributed by atoms with van der Waals surface area (Å²) in [6.45, 7) is 0.714. The largest absolute Gasteiger partial charge is 0.475 e. The van der Waals surface area contributed by atoms with Crippen molar-refractivity contribution in [2.24, 2.45) is 7.05 Å². The SMILES string of the molecule is COCCOc1ncc(N)cc1-c1nc2c(Br)n(C)nc2c(=O)[nH]1. The Morgan fingerprint density at radius 1 is 1.38 bits per heavy atom. The number of methoxy groups -OCH3 is 1. The lowest BCUT2D eigenvalue weighted by Gasteiger charge is -2.10. The van der Waals surface area contributed by atoms with Gasteiger partial charge in [-0.3, -0.25) is 9.48 Å². The number of rotatable bonds is 5. The van der Waals surface area contributed by atoms with Gasteiger partial charge >= 0.3 is 0 Å². The first-order valence-corrected chi connectivity index (χ1v) is 7.80. The minimum absolute atomic E-state index is 0.242. The third-order valence-electron chi connectivity index (χ3n) is 3.28. The number of aromatic amines is 1. The van der Waals surface area contributed by atoms with E-state index in [1.807, 2.05) is 0 Å². The molecular formula is C14H15BrN6O3. The van der Waals surface area contributed by atoms with Gasteiger partial charge in [-0.25, -0.2) is 9.97 Å². The molecule has 0 aromatic carbocycles. The van der Waals surface area contributed by atoms with Crippen LogP contribution >= 0.6 is 15.9 Å². The third-order valence-corrected chi connectivity index (χ3v) is 4.17. The molecule has 0 aliphatic rings.